The molecule has 4 rings (SSSR count). The van der Waals surface area contributed by atoms with Crippen molar-refractivity contribution < 1.29 is 14.3 Å². The number of carbonyl (C=O) groups excluding carboxylic acids is 1. The van der Waals surface area contributed by atoms with Crippen LogP contribution >= 0.6 is 15.9 Å². The maximum absolute atomic E-state index is 12.5. The molecule has 1 amide bonds. The quantitative estimate of drug-likeness (QED) is 0.703. The Balaban J connectivity index is 1.36. The van der Waals surface area contributed by atoms with E-state index in [9.17, 15) is 4.79 Å². The second-order valence-corrected chi connectivity index (χ2v) is 8.76. The van der Waals surface area contributed by atoms with Crippen LogP contribution in [0.15, 0.2) is 59.1 Å². The molecule has 2 aliphatic heterocycles. The van der Waals surface area contributed by atoms with E-state index >= 15 is 0 Å². The summed E-state index contributed by atoms with van der Waals surface area (Å²) in [7, 11) is 0. The van der Waals surface area contributed by atoms with Crippen molar-refractivity contribution in [2.75, 3.05) is 31.6 Å². The number of likely N-dealkylation sites (tertiary alicyclic amines) is 1. The maximum Gasteiger partial charge on any atom is 0.238 e. The van der Waals surface area contributed by atoms with Gasteiger partial charge in [0.05, 0.1) is 24.9 Å². The number of anilines is 1. The fourth-order valence-corrected chi connectivity index (χ4v) is 4.49. The van der Waals surface area contributed by atoms with Crippen LogP contribution in [-0.4, -0.2) is 48.8 Å². The van der Waals surface area contributed by atoms with Gasteiger partial charge in [-0.1, -0.05) is 46.3 Å². The molecule has 0 aromatic heterocycles. The molecule has 2 saturated heterocycles. The Morgan fingerprint density at radius 2 is 1.97 bits per heavy atom. The van der Waals surface area contributed by atoms with Gasteiger partial charge in [0, 0.05) is 29.9 Å². The monoisotopic (exact) mass is 458 g/mol. The maximum atomic E-state index is 12.5. The Morgan fingerprint density at radius 3 is 2.69 bits per heavy atom. The smallest absolute Gasteiger partial charge is 0.238 e. The lowest BCUT2D eigenvalue weighted by Gasteiger charge is -2.44. The van der Waals surface area contributed by atoms with E-state index in [4.69, 9.17) is 9.47 Å². The Bertz CT molecular complexity index is 807. The Morgan fingerprint density at radius 1 is 1.17 bits per heavy atom. The third kappa shape index (κ3) is 5.25. The molecule has 0 aliphatic carbocycles. The normalized spacial score (nSPS) is 24.7. The zero-order valence-corrected chi connectivity index (χ0v) is 18.1. The summed E-state index contributed by atoms with van der Waals surface area (Å²) in [5, 5.41) is 2.98. The van der Waals surface area contributed by atoms with Crippen molar-refractivity contribution in [2.45, 2.75) is 37.6 Å². The SMILES string of the molecule is O=C(CN1CC[C@@]2(CCCO2)[C@@H](OCc2ccccc2)C1)Nc1ccc(Br)cc1. The van der Waals surface area contributed by atoms with Gasteiger partial charge in [-0.05, 0) is 49.1 Å². The van der Waals surface area contributed by atoms with Gasteiger partial charge in [0.15, 0.2) is 0 Å². The van der Waals surface area contributed by atoms with E-state index < -0.39 is 0 Å². The predicted octanol–water partition coefficient (Wildman–Crippen LogP) is 4.23. The largest absolute Gasteiger partial charge is 0.372 e. The highest BCUT2D eigenvalue weighted by atomic mass is 79.9. The van der Waals surface area contributed by atoms with Crippen molar-refractivity contribution >= 4 is 27.5 Å². The molecular formula is C23H27BrN2O3. The Hall–Kier alpha value is -1.73. The lowest BCUT2D eigenvalue weighted by molar-refractivity contribution is -0.159. The average molecular weight is 459 g/mol. The number of nitrogens with zero attached hydrogens (tertiary/aromatic N) is 1. The van der Waals surface area contributed by atoms with Crippen molar-refractivity contribution in [1.82, 2.24) is 4.90 Å². The second-order valence-electron chi connectivity index (χ2n) is 7.84. The first-order valence-electron chi connectivity index (χ1n) is 10.2. The van der Waals surface area contributed by atoms with Gasteiger partial charge in [-0.3, -0.25) is 9.69 Å². The van der Waals surface area contributed by atoms with E-state index in [0.29, 0.717) is 19.7 Å². The number of hydrogen-bond acceptors (Lipinski definition) is 4. The lowest BCUT2D eigenvalue weighted by Crippen LogP contribution is -2.57. The topological polar surface area (TPSA) is 50.8 Å². The number of benzene rings is 2. The van der Waals surface area contributed by atoms with E-state index in [0.717, 1.165) is 48.1 Å². The molecule has 2 fully saturated rings. The number of hydrogen-bond donors (Lipinski definition) is 1. The molecule has 0 bridgehead atoms. The van der Waals surface area contributed by atoms with Crippen LogP contribution in [0.1, 0.15) is 24.8 Å². The minimum atomic E-state index is -0.201. The fourth-order valence-electron chi connectivity index (χ4n) is 4.23. The van der Waals surface area contributed by atoms with Crippen molar-refractivity contribution in [3.8, 4) is 0 Å². The molecule has 0 unspecified atom stereocenters. The first-order chi connectivity index (χ1) is 14.1. The van der Waals surface area contributed by atoms with Gasteiger partial charge < -0.3 is 14.8 Å². The summed E-state index contributed by atoms with van der Waals surface area (Å²) in [4.78, 5) is 14.7. The van der Waals surface area contributed by atoms with E-state index in [2.05, 4.69) is 38.3 Å². The average Bonchev–Trinajstić information content (AvgIpc) is 3.20. The summed E-state index contributed by atoms with van der Waals surface area (Å²) in [6, 6.07) is 17.9. The number of rotatable bonds is 6. The van der Waals surface area contributed by atoms with Crippen molar-refractivity contribution in [1.29, 1.82) is 0 Å². The summed E-state index contributed by atoms with van der Waals surface area (Å²) >= 11 is 3.41. The molecule has 6 heteroatoms. The summed E-state index contributed by atoms with van der Waals surface area (Å²) in [5.41, 5.74) is 1.77. The summed E-state index contributed by atoms with van der Waals surface area (Å²) < 4.78 is 13.5. The summed E-state index contributed by atoms with van der Waals surface area (Å²) in [6.07, 6.45) is 2.98. The zero-order valence-electron chi connectivity index (χ0n) is 16.5. The first-order valence-corrected chi connectivity index (χ1v) is 11.0. The molecule has 0 radical (unpaired) electrons. The highest BCUT2D eigenvalue weighted by Gasteiger charge is 2.47. The van der Waals surface area contributed by atoms with Crippen molar-refractivity contribution in [3.63, 3.8) is 0 Å². The third-order valence-electron chi connectivity index (χ3n) is 5.79. The number of halogens is 1. The van der Waals surface area contributed by atoms with Gasteiger partial charge in [-0.25, -0.2) is 0 Å². The fraction of sp³-hybridized carbons (Fsp3) is 0.435. The van der Waals surface area contributed by atoms with Gasteiger partial charge in [0.1, 0.15) is 0 Å². The number of amides is 1. The highest BCUT2D eigenvalue weighted by Crippen LogP contribution is 2.38. The standard InChI is InChI=1S/C23H27BrN2O3/c24-19-7-9-20(10-8-19)25-22(27)16-26-13-12-23(11-4-14-29-23)21(15-26)28-17-18-5-2-1-3-6-18/h1-3,5-10,21H,4,11-17H2,(H,25,27)/t21-,23-/m0/s1. The molecule has 0 saturated carbocycles. The number of nitrogens with one attached hydrogen (secondary N) is 1. The van der Waals surface area contributed by atoms with Gasteiger partial charge >= 0.3 is 0 Å². The summed E-state index contributed by atoms with van der Waals surface area (Å²) in [5.74, 6) is -0.00239. The molecule has 154 valence electrons. The first kappa shape index (κ1) is 20.5. The third-order valence-corrected chi connectivity index (χ3v) is 6.31. The van der Waals surface area contributed by atoms with Crippen molar-refractivity contribution in [2.24, 2.45) is 0 Å². The number of ether oxygens (including phenoxy) is 2. The molecule has 1 N–H and O–H groups in total. The van der Waals surface area contributed by atoms with Crippen molar-refractivity contribution in [3.05, 3.63) is 64.6 Å². The van der Waals surface area contributed by atoms with Crippen LogP contribution in [-0.2, 0) is 20.9 Å². The molecule has 5 nitrogen and oxygen atoms in total. The summed E-state index contributed by atoms with van der Waals surface area (Å²) in [6.45, 7) is 3.28. The van der Waals surface area contributed by atoms with E-state index in [1.165, 1.54) is 0 Å². The van der Waals surface area contributed by atoms with Gasteiger partial charge in [-0.15, -0.1) is 0 Å². The van der Waals surface area contributed by atoms with Crippen LogP contribution in [0.25, 0.3) is 0 Å². The van der Waals surface area contributed by atoms with E-state index in [-0.39, 0.29) is 17.6 Å². The van der Waals surface area contributed by atoms with Crippen LogP contribution < -0.4 is 5.32 Å². The van der Waals surface area contributed by atoms with Gasteiger partial charge in [0.2, 0.25) is 5.91 Å². The minimum Gasteiger partial charge on any atom is -0.372 e. The van der Waals surface area contributed by atoms with E-state index in [1.807, 2.05) is 42.5 Å². The molecule has 2 atom stereocenters. The van der Waals surface area contributed by atoms with Gasteiger partial charge in [0.25, 0.3) is 0 Å². The highest BCUT2D eigenvalue weighted by molar-refractivity contribution is 9.10. The zero-order chi connectivity index (χ0) is 20.1. The number of carbonyl (C=O) groups is 1. The van der Waals surface area contributed by atoms with Gasteiger partial charge in [-0.2, -0.15) is 0 Å². The Labute approximate surface area is 180 Å². The molecule has 2 aliphatic rings. The molecule has 1 spiro atoms. The molecule has 2 aromatic carbocycles. The molecular weight excluding hydrogens is 432 g/mol. The van der Waals surface area contributed by atoms with Crippen LogP contribution in [0.5, 0.6) is 0 Å². The van der Waals surface area contributed by atoms with Crippen LogP contribution in [0, 0.1) is 0 Å². The molecule has 29 heavy (non-hydrogen) atoms. The van der Waals surface area contributed by atoms with E-state index in [1.54, 1.807) is 0 Å². The second kappa shape index (κ2) is 9.39. The lowest BCUT2D eigenvalue weighted by atomic mass is 9.85. The van der Waals surface area contributed by atoms with Crippen LogP contribution in [0.4, 0.5) is 5.69 Å². The number of piperidine rings is 1. The predicted molar refractivity (Wildman–Crippen MR) is 117 cm³/mol. The van der Waals surface area contributed by atoms with Crippen LogP contribution in [0.3, 0.4) is 0 Å². The van der Waals surface area contributed by atoms with Crippen LogP contribution in [0.2, 0.25) is 0 Å². The Kier molecular flexibility index (Phi) is 6.65. The minimum absolute atomic E-state index is 0.00239. The molecule has 2 heterocycles. The molecule has 2 aromatic rings.